The molecule has 0 atom stereocenters. The maximum atomic E-state index is 14.8. The van der Waals surface area contributed by atoms with Gasteiger partial charge < -0.3 is 39.1 Å². The van der Waals surface area contributed by atoms with Gasteiger partial charge in [0.25, 0.3) is 0 Å². The summed E-state index contributed by atoms with van der Waals surface area (Å²) in [6.45, 7) is -0.300. The summed E-state index contributed by atoms with van der Waals surface area (Å²) >= 11 is 0.823. The Bertz CT molecular complexity index is 1480. The van der Waals surface area contributed by atoms with Crippen LogP contribution in [0.25, 0.3) is 0 Å². The van der Waals surface area contributed by atoms with Crippen LogP contribution in [-0.4, -0.2) is 52.5 Å². The number of nitrogens with one attached hydrogen (secondary N) is 2. The van der Waals surface area contributed by atoms with E-state index in [2.05, 4.69) is 20.1 Å². The molecule has 0 aliphatic carbocycles. The minimum Gasteiger partial charge on any atom is -0.493 e. The Hall–Kier alpha value is -4.66. The van der Waals surface area contributed by atoms with Gasteiger partial charge in [0.05, 0.1) is 38.3 Å². The van der Waals surface area contributed by atoms with Gasteiger partial charge in [-0.1, -0.05) is 0 Å². The van der Waals surface area contributed by atoms with Crippen molar-refractivity contribution in [3.05, 3.63) is 57.0 Å². The number of methoxy groups -OCH3 is 3. The number of amides is 2. The Balaban J connectivity index is 1.57. The summed E-state index contributed by atoms with van der Waals surface area (Å²) in [6, 6.07) is 1.83. The molecule has 0 unspecified atom stereocenters. The lowest BCUT2D eigenvalue weighted by Crippen LogP contribution is -2.22. The fourth-order valence-corrected chi connectivity index (χ4v) is 4.56. The Morgan fingerprint density at radius 2 is 1.60 bits per heavy atom. The highest BCUT2D eigenvalue weighted by molar-refractivity contribution is 7.13. The third-order valence-electron chi connectivity index (χ3n) is 5.49. The van der Waals surface area contributed by atoms with Crippen LogP contribution in [0, 0.1) is 17.5 Å². The van der Waals surface area contributed by atoms with Crippen molar-refractivity contribution >= 4 is 40.7 Å². The normalized spacial score (nSPS) is 11.8. The van der Waals surface area contributed by atoms with E-state index in [1.54, 1.807) is 0 Å². The van der Waals surface area contributed by atoms with Crippen molar-refractivity contribution in [2.45, 2.75) is 6.61 Å². The molecule has 0 radical (unpaired) electrons. The zero-order valence-electron chi connectivity index (χ0n) is 21.1. The predicted molar refractivity (Wildman–Crippen MR) is 134 cm³/mol. The van der Waals surface area contributed by atoms with E-state index in [0.717, 1.165) is 43.8 Å². The third kappa shape index (κ3) is 5.68. The van der Waals surface area contributed by atoms with E-state index in [4.69, 9.17) is 18.9 Å². The van der Waals surface area contributed by atoms with Crippen molar-refractivity contribution in [1.82, 2.24) is 0 Å². The van der Waals surface area contributed by atoms with E-state index >= 15 is 0 Å². The minimum atomic E-state index is -1.22. The molecular weight excluding hydrogens is 561 g/mol. The molecule has 4 rings (SSSR count). The quantitative estimate of drug-likeness (QED) is 0.362. The fourth-order valence-electron chi connectivity index (χ4n) is 3.65. The maximum absolute atomic E-state index is 14.8. The monoisotopic (exact) mass is 582 g/mol. The van der Waals surface area contributed by atoms with Crippen LogP contribution in [0.1, 0.15) is 25.6 Å². The van der Waals surface area contributed by atoms with Gasteiger partial charge in [-0.05, 0) is 0 Å². The number of thiophene rings is 1. The molecule has 15 heteroatoms. The number of carbonyl (C=O) groups is 3. The van der Waals surface area contributed by atoms with E-state index in [-0.39, 0.29) is 57.9 Å². The van der Waals surface area contributed by atoms with Crippen LogP contribution >= 0.6 is 11.3 Å². The summed E-state index contributed by atoms with van der Waals surface area (Å²) < 4.78 is 74.2. The summed E-state index contributed by atoms with van der Waals surface area (Å²) in [5, 5.41) is 5.90. The van der Waals surface area contributed by atoms with E-state index in [0.29, 0.717) is 0 Å². The first-order valence-corrected chi connectivity index (χ1v) is 12.2. The second kappa shape index (κ2) is 12.0. The number of benzene rings is 2. The molecule has 2 N–H and O–H groups in total. The van der Waals surface area contributed by atoms with Crippen LogP contribution in [-0.2, 0) is 16.1 Å². The maximum Gasteiger partial charge on any atom is 0.349 e. The van der Waals surface area contributed by atoms with Crippen LogP contribution in [0.3, 0.4) is 0 Å². The molecule has 0 saturated carbocycles. The van der Waals surface area contributed by atoms with Crippen LogP contribution in [0.15, 0.2) is 23.6 Å². The van der Waals surface area contributed by atoms with E-state index in [1.807, 2.05) is 0 Å². The Morgan fingerprint density at radius 3 is 2.30 bits per heavy atom. The summed E-state index contributed by atoms with van der Waals surface area (Å²) in [5.41, 5.74) is -1.01. The molecule has 0 spiro atoms. The number of anilines is 2. The number of esters is 2. The molecule has 0 fully saturated rings. The molecule has 2 aromatic carbocycles. The molecule has 0 saturated heterocycles. The number of rotatable bonds is 8. The molecule has 11 nitrogen and oxygen atoms in total. The lowest BCUT2D eigenvalue weighted by Gasteiger charge is -2.22. The van der Waals surface area contributed by atoms with Gasteiger partial charge in [0.1, 0.15) is 30.3 Å². The molecule has 2 amide bonds. The second-order valence-electron chi connectivity index (χ2n) is 7.86. The zero-order valence-corrected chi connectivity index (χ0v) is 22.0. The highest BCUT2D eigenvalue weighted by Gasteiger charge is 2.27. The van der Waals surface area contributed by atoms with Gasteiger partial charge in [0.2, 0.25) is 0 Å². The molecule has 1 aliphatic heterocycles. The molecular formula is C25H21F3N2O9S. The average Bonchev–Trinajstić information content (AvgIpc) is 3.36. The van der Waals surface area contributed by atoms with Crippen LogP contribution in [0.5, 0.6) is 23.0 Å². The number of urea groups is 1. The van der Waals surface area contributed by atoms with Crippen molar-refractivity contribution in [1.29, 1.82) is 0 Å². The van der Waals surface area contributed by atoms with E-state index in [9.17, 15) is 27.6 Å². The van der Waals surface area contributed by atoms with Crippen molar-refractivity contribution in [2.24, 2.45) is 0 Å². The van der Waals surface area contributed by atoms with Gasteiger partial charge in [-0.3, -0.25) is 0 Å². The standard InChI is InChI=1S/C25H21F3N2O9S/c1-34-16-6-12(26)14(29-25(33)30-15-10-40-22(24(32)36-3)19(15)23(31)35-2)8-17(16)39-9-11-20(28)13(27)7-18-21(11)38-5-4-37-18/h6-8,10H,4-5,9H2,1-3H3,(H2,29,30,33). The topological polar surface area (TPSA) is 131 Å². The van der Waals surface area contributed by atoms with E-state index < -0.39 is 47.7 Å². The third-order valence-corrected chi connectivity index (χ3v) is 6.45. The number of hydrogen-bond acceptors (Lipinski definition) is 10. The summed E-state index contributed by atoms with van der Waals surface area (Å²) in [4.78, 5) is 36.8. The first kappa shape index (κ1) is 28.4. The molecule has 1 aromatic heterocycles. The van der Waals surface area contributed by atoms with Gasteiger partial charge in [-0.15, -0.1) is 11.3 Å². The van der Waals surface area contributed by atoms with E-state index in [1.165, 1.54) is 12.5 Å². The van der Waals surface area contributed by atoms with Crippen molar-refractivity contribution < 1.29 is 56.0 Å². The summed E-state index contributed by atoms with van der Waals surface area (Å²) in [5.74, 6) is -5.34. The predicted octanol–water partition coefficient (Wildman–Crippen LogP) is 4.74. The smallest absolute Gasteiger partial charge is 0.349 e. The summed E-state index contributed by atoms with van der Waals surface area (Å²) in [6.07, 6.45) is 0. The summed E-state index contributed by atoms with van der Waals surface area (Å²) in [7, 11) is 3.43. The number of halogens is 3. The second-order valence-corrected chi connectivity index (χ2v) is 8.74. The number of ether oxygens (including phenoxy) is 6. The van der Waals surface area contributed by atoms with Crippen molar-refractivity contribution in [3.63, 3.8) is 0 Å². The Labute approximate surface area is 228 Å². The number of hydrogen-bond donors (Lipinski definition) is 2. The van der Waals surface area contributed by atoms with Gasteiger partial charge in [-0.2, -0.15) is 0 Å². The zero-order chi connectivity index (χ0) is 29.0. The molecule has 40 heavy (non-hydrogen) atoms. The Morgan fingerprint density at radius 1 is 0.900 bits per heavy atom. The largest absolute Gasteiger partial charge is 0.493 e. The van der Waals surface area contributed by atoms with Crippen LogP contribution < -0.4 is 29.6 Å². The van der Waals surface area contributed by atoms with Gasteiger partial charge in [-0.25, -0.2) is 27.6 Å². The van der Waals surface area contributed by atoms with Gasteiger partial charge in [0, 0.05) is 23.6 Å². The lowest BCUT2D eigenvalue weighted by atomic mass is 10.1. The molecule has 2 heterocycles. The first-order valence-electron chi connectivity index (χ1n) is 11.3. The number of carbonyl (C=O) groups excluding carboxylic acids is 3. The highest BCUT2D eigenvalue weighted by atomic mass is 32.1. The van der Waals surface area contributed by atoms with Crippen LogP contribution in [0.2, 0.25) is 0 Å². The highest BCUT2D eigenvalue weighted by Crippen LogP contribution is 2.39. The average molecular weight is 583 g/mol. The van der Waals surface area contributed by atoms with Gasteiger partial charge >= 0.3 is 18.0 Å². The van der Waals surface area contributed by atoms with Gasteiger partial charge in [0.15, 0.2) is 40.4 Å². The van der Waals surface area contributed by atoms with Crippen molar-refractivity contribution in [2.75, 3.05) is 45.2 Å². The Kier molecular flexibility index (Phi) is 8.52. The van der Waals surface area contributed by atoms with Crippen LogP contribution in [0.4, 0.5) is 29.3 Å². The molecule has 212 valence electrons. The molecule has 0 bridgehead atoms. The first-order chi connectivity index (χ1) is 19.2. The molecule has 1 aliphatic rings. The van der Waals surface area contributed by atoms with Crippen molar-refractivity contribution in [3.8, 4) is 23.0 Å². The SMILES string of the molecule is COC(=O)c1scc(NC(=O)Nc2cc(OCc3c(F)c(F)cc4c3OCCO4)c(OC)cc2F)c1C(=O)OC. The molecule has 3 aromatic rings. The minimum absolute atomic E-state index is 0.00367. The number of fused-ring (bicyclic) bond motifs is 1. The fraction of sp³-hybridized carbons (Fsp3) is 0.240. The lowest BCUT2D eigenvalue weighted by molar-refractivity contribution is 0.0561.